The van der Waals surface area contributed by atoms with Crippen LogP contribution in [0.5, 0.6) is 5.75 Å². The Hall–Kier alpha value is -2.32. The van der Waals surface area contributed by atoms with Crippen molar-refractivity contribution in [1.82, 2.24) is 0 Å². The molecule has 0 amide bonds. The lowest BCUT2D eigenvalue weighted by molar-refractivity contribution is 0.414. The highest BCUT2D eigenvalue weighted by molar-refractivity contribution is 6.86. The van der Waals surface area contributed by atoms with Crippen molar-refractivity contribution in [2.45, 2.75) is 12.5 Å². The summed E-state index contributed by atoms with van der Waals surface area (Å²) in [5.74, 6) is 0.915. The molecule has 0 spiro atoms. The fourth-order valence-corrected chi connectivity index (χ4v) is 6.61. The minimum absolute atomic E-state index is 0.519. The Morgan fingerprint density at radius 3 is 1.61 bits per heavy atom. The molecule has 0 aliphatic heterocycles. The lowest BCUT2D eigenvalue weighted by Crippen LogP contribution is -2.46. The van der Waals surface area contributed by atoms with Gasteiger partial charge in [-0.25, -0.2) is 0 Å². The first-order valence-electron chi connectivity index (χ1n) is 8.03. The van der Waals surface area contributed by atoms with Crippen LogP contribution in [0.3, 0.4) is 0 Å². The van der Waals surface area contributed by atoms with E-state index in [-0.39, 0.29) is 0 Å². The summed E-state index contributed by atoms with van der Waals surface area (Å²) in [6.45, 7) is 2.36. The molecule has 0 bridgehead atoms. The van der Waals surface area contributed by atoms with Gasteiger partial charge < -0.3 is 4.74 Å². The molecule has 0 saturated heterocycles. The van der Waals surface area contributed by atoms with E-state index in [9.17, 15) is 0 Å². The van der Waals surface area contributed by atoms with Crippen LogP contribution in [-0.4, -0.2) is 15.9 Å². The Balaban J connectivity index is 2.00. The molecule has 0 heterocycles. The molecule has 1 unspecified atom stereocenters. The molecular weight excluding hydrogens is 296 g/mol. The van der Waals surface area contributed by atoms with Gasteiger partial charge in [-0.2, -0.15) is 0 Å². The second kappa shape index (κ2) is 7.29. The molecule has 1 atom stereocenters. The number of hydrogen-bond acceptors (Lipinski definition) is 1. The summed E-state index contributed by atoms with van der Waals surface area (Å²) >= 11 is 0. The van der Waals surface area contributed by atoms with Gasteiger partial charge in [0.1, 0.15) is 14.5 Å². The lowest BCUT2D eigenvalue weighted by Gasteiger charge is -2.24. The maximum absolute atomic E-state index is 5.29. The fourth-order valence-electron chi connectivity index (χ4n) is 3.19. The highest BCUT2D eigenvalue weighted by Gasteiger charge is 2.24. The molecule has 0 fully saturated rings. The molecule has 23 heavy (non-hydrogen) atoms. The summed E-state index contributed by atoms with van der Waals surface area (Å²) in [6.07, 6.45) is 0. The quantitative estimate of drug-likeness (QED) is 0.655. The third-order valence-corrected chi connectivity index (χ3v) is 8.05. The number of hydrogen-bond donors (Lipinski definition) is 0. The first-order valence-corrected chi connectivity index (χ1v) is 9.85. The Bertz CT molecular complexity index is 683. The van der Waals surface area contributed by atoms with Crippen LogP contribution in [0.1, 0.15) is 18.0 Å². The van der Waals surface area contributed by atoms with Crippen LogP contribution in [0.4, 0.5) is 0 Å². The summed E-state index contributed by atoms with van der Waals surface area (Å²) in [4.78, 5) is 0. The second-order valence-corrected chi connectivity index (χ2v) is 9.15. The molecule has 3 aromatic rings. The average Bonchev–Trinajstić information content (AvgIpc) is 2.64. The summed E-state index contributed by atoms with van der Waals surface area (Å²) in [7, 11) is 0.376. The maximum Gasteiger partial charge on any atom is 0.118 e. The molecule has 0 radical (unpaired) electrons. The van der Waals surface area contributed by atoms with Crippen molar-refractivity contribution in [3.8, 4) is 5.75 Å². The SMILES string of the molecule is COc1ccc(C(C)[SiH](c2ccccc2)c2ccccc2)cc1. The van der Waals surface area contributed by atoms with Crippen molar-refractivity contribution in [2.24, 2.45) is 0 Å². The normalized spacial score (nSPS) is 12.1. The van der Waals surface area contributed by atoms with E-state index < -0.39 is 8.80 Å². The van der Waals surface area contributed by atoms with Crippen LogP contribution in [0.25, 0.3) is 0 Å². The summed E-state index contributed by atoms with van der Waals surface area (Å²) < 4.78 is 5.29. The van der Waals surface area contributed by atoms with Gasteiger partial charge in [0.15, 0.2) is 0 Å². The third kappa shape index (κ3) is 3.54. The van der Waals surface area contributed by atoms with Crippen molar-refractivity contribution in [3.05, 3.63) is 90.5 Å². The smallest absolute Gasteiger partial charge is 0.118 e. The van der Waals surface area contributed by atoms with Crippen molar-refractivity contribution in [2.75, 3.05) is 7.11 Å². The van der Waals surface area contributed by atoms with Crippen LogP contribution < -0.4 is 15.1 Å². The van der Waals surface area contributed by atoms with Gasteiger partial charge in [0.2, 0.25) is 0 Å². The minimum Gasteiger partial charge on any atom is -0.497 e. The molecule has 0 aliphatic carbocycles. The highest BCUT2D eigenvalue weighted by Crippen LogP contribution is 2.21. The van der Waals surface area contributed by atoms with Crippen molar-refractivity contribution in [1.29, 1.82) is 0 Å². The van der Waals surface area contributed by atoms with Crippen molar-refractivity contribution in [3.63, 3.8) is 0 Å². The van der Waals surface area contributed by atoms with Crippen LogP contribution in [0.15, 0.2) is 84.9 Å². The predicted octanol–water partition coefficient (Wildman–Crippen LogP) is 3.38. The van der Waals surface area contributed by atoms with Gasteiger partial charge >= 0.3 is 0 Å². The Kier molecular flexibility index (Phi) is 4.94. The maximum atomic E-state index is 5.29. The Labute approximate surface area is 140 Å². The predicted molar refractivity (Wildman–Crippen MR) is 101 cm³/mol. The molecule has 0 N–H and O–H groups in total. The number of methoxy groups -OCH3 is 1. The van der Waals surface area contributed by atoms with E-state index in [2.05, 4.69) is 91.9 Å². The first-order chi connectivity index (χ1) is 11.3. The molecular formula is C21H22OSi. The van der Waals surface area contributed by atoms with Crippen molar-refractivity contribution >= 4 is 19.2 Å². The standard InChI is InChI=1S/C21H22OSi/c1-17(18-13-15-19(22-2)16-14-18)23(20-9-5-3-6-10-20)21-11-7-4-8-12-21/h3-17,23H,1-2H3. The summed E-state index contributed by atoms with van der Waals surface area (Å²) in [5.41, 5.74) is 1.90. The van der Waals surface area contributed by atoms with Crippen LogP contribution >= 0.6 is 0 Å². The Morgan fingerprint density at radius 2 is 1.17 bits per heavy atom. The molecule has 3 aromatic carbocycles. The van der Waals surface area contributed by atoms with Gasteiger partial charge in [-0.05, 0) is 23.2 Å². The molecule has 3 rings (SSSR count). The van der Waals surface area contributed by atoms with E-state index in [1.54, 1.807) is 7.11 Å². The van der Waals surface area contributed by atoms with Gasteiger partial charge in [0.05, 0.1) is 7.11 Å². The molecule has 0 aromatic heterocycles. The van der Waals surface area contributed by atoms with Gasteiger partial charge in [0, 0.05) is 0 Å². The van der Waals surface area contributed by atoms with Gasteiger partial charge in [-0.15, -0.1) is 0 Å². The van der Waals surface area contributed by atoms with Gasteiger partial charge in [0.25, 0.3) is 0 Å². The van der Waals surface area contributed by atoms with Gasteiger partial charge in [-0.1, -0.05) is 90.1 Å². The van der Waals surface area contributed by atoms with E-state index in [0.29, 0.717) is 5.54 Å². The molecule has 0 saturated carbocycles. The zero-order chi connectivity index (χ0) is 16.1. The molecule has 2 heteroatoms. The van der Waals surface area contributed by atoms with E-state index in [1.807, 2.05) is 0 Å². The molecule has 116 valence electrons. The second-order valence-electron chi connectivity index (χ2n) is 5.86. The summed E-state index contributed by atoms with van der Waals surface area (Å²) in [5, 5.41) is 2.98. The number of ether oxygens (including phenoxy) is 1. The highest BCUT2D eigenvalue weighted by atomic mass is 28.3. The number of rotatable bonds is 5. The topological polar surface area (TPSA) is 9.23 Å². The largest absolute Gasteiger partial charge is 0.497 e. The zero-order valence-corrected chi connectivity index (χ0v) is 14.8. The Morgan fingerprint density at radius 1 is 0.696 bits per heavy atom. The van der Waals surface area contributed by atoms with E-state index in [1.165, 1.54) is 15.9 Å². The van der Waals surface area contributed by atoms with E-state index in [4.69, 9.17) is 4.74 Å². The molecule has 0 aliphatic rings. The third-order valence-electron chi connectivity index (χ3n) is 4.46. The fraction of sp³-hybridized carbons (Fsp3) is 0.143. The zero-order valence-electron chi connectivity index (χ0n) is 13.6. The van der Waals surface area contributed by atoms with Crippen LogP contribution in [0.2, 0.25) is 0 Å². The van der Waals surface area contributed by atoms with E-state index >= 15 is 0 Å². The minimum atomic E-state index is -1.34. The molecule has 1 nitrogen and oxygen atoms in total. The first kappa shape index (κ1) is 15.6. The van der Waals surface area contributed by atoms with Crippen LogP contribution in [0, 0.1) is 0 Å². The summed E-state index contributed by atoms with van der Waals surface area (Å²) in [6, 6.07) is 30.5. The monoisotopic (exact) mass is 318 g/mol. The van der Waals surface area contributed by atoms with Crippen LogP contribution in [-0.2, 0) is 0 Å². The van der Waals surface area contributed by atoms with E-state index in [0.717, 1.165) is 5.75 Å². The van der Waals surface area contributed by atoms with Gasteiger partial charge in [-0.3, -0.25) is 0 Å². The lowest BCUT2D eigenvalue weighted by atomic mass is 10.1. The van der Waals surface area contributed by atoms with Crippen molar-refractivity contribution < 1.29 is 4.74 Å². The average molecular weight is 318 g/mol. The number of benzene rings is 3.